The van der Waals surface area contributed by atoms with Crippen molar-refractivity contribution in [1.29, 1.82) is 0 Å². The fourth-order valence-electron chi connectivity index (χ4n) is 5.95. The SMILES string of the molecule is CCC(CC)c1cc2cnc(Nc3ccc(N4CCNCC4)c(C(F)(F)F)c3)nc2n(Cc2cncnc2C2CC2)c1=O. The van der Waals surface area contributed by atoms with Crippen molar-refractivity contribution in [2.24, 2.45) is 0 Å². The minimum absolute atomic E-state index is 0.0749. The van der Waals surface area contributed by atoms with Gasteiger partial charge in [0, 0.05) is 72.4 Å². The van der Waals surface area contributed by atoms with Gasteiger partial charge < -0.3 is 15.5 Å². The summed E-state index contributed by atoms with van der Waals surface area (Å²) in [5, 5.41) is 6.81. The van der Waals surface area contributed by atoms with Gasteiger partial charge in [0.1, 0.15) is 12.0 Å². The lowest BCUT2D eigenvalue weighted by atomic mass is 9.94. The zero-order valence-electron chi connectivity index (χ0n) is 24.3. The van der Waals surface area contributed by atoms with Gasteiger partial charge in [-0.1, -0.05) is 13.8 Å². The number of benzene rings is 1. The van der Waals surface area contributed by atoms with Crippen LogP contribution in [-0.2, 0) is 12.7 Å². The van der Waals surface area contributed by atoms with Crippen LogP contribution in [0.2, 0.25) is 0 Å². The summed E-state index contributed by atoms with van der Waals surface area (Å²) in [6.45, 7) is 6.60. The number of hydrogen-bond donors (Lipinski definition) is 2. The van der Waals surface area contributed by atoms with Crippen LogP contribution in [0.3, 0.4) is 0 Å². The Kier molecular flexibility index (Phi) is 8.04. The Morgan fingerprint density at radius 3 is 2.53 bits per heavy atom. The van der Waals surface area contributed by atoms with E-state index in [2.05, 4.69) is 44.4 Å². The third kappa shape index (κ3) is 6.06. The largest absolute Gasteiger partial charge is 0.418 e. The average Bonchev–Trinajstić information content (AvgIpc) is 3.86. The van der Waals surface area contributed by atoms with E-state index in [4.69, 9.17) is 0 Å². The third-order valence-electron chi connectivity index (χ3n) is 8.41. The second-order valence-corrected chi connectivity index (χ2v) is 11.3. The molecule has 2 N–H and O–H groups in total. The van der Waals surface area contributed by atoms with Crippen LogP contribution in [-0.4, -0.2) is 50.7 Å². The molecule has 1 saturated heterocycles. The van der Waals surface area contributed by atoms with Gasteiger partial charge in [-0.15, -0.1) is 0 Å². The number of nitrogens with one attached hydrogen (secondary N) is 2. The van der Waals surface area contributed by atoms with Gasteiger partial charge in [0.25, 0.3) is 5.56 Å². The first-order valence-corrected chi connectivity index (χ1v) is 14.9. The first kappa shape index (κ1) is 29.0. The second-order valence-electron chi connectivity index (χ2n) is 11.3. The van der Waals surface area contributed by atoms with E-state index in [9.17, 15) is 18.0 Å². The maximum Gasteiger partial charge on any atom is 0.418 e. The topological polar surface area (TPSA) is 101 Å². The maximum absolute atomic E-state index is 14.1. The standard InChI is InChI=1S/C31H35F3N8O/c1-3-19(4-2)24-13-21-16-37-30(39-23-7-8-26(25(14-23)31(32,33)34)41-11-9-35-10-12-41)40-28(21)42(29(24)43)17-22-15-36-18-38-27(22)20-5-6-20/h7-8,13-16,18-20,35H,3-6,9-12,17H2,1-2H3,(H,37,39,40). The molecule has 2 aliphatic rings. The summed E-state index contributed by atoms with van der Waals surface area (Å²) in [7, 11) is 0. The average molecular weight is 593 g/mol. The van der Waals surface area contributed by atoms with E-state index in [0.29, 0.717) is 48.7 Å². The molecule has 4 heterocycles. The highest BCUT2D eigenvalue weighted by molar-refractivity contribution is 5.77. The molecule has 3 aromatic heterocycles. The van der Waals surface area contributed by atoms with E-state index in [-0.39, 0.29) is 35.3 Å². The molecule has 0 radical (unpaired) electrons. The molecule has 1 aliphatic carbocycles. The lowest BCUT2D eigenvalue weighted by molar-refractivity contribution is -0.137. The van der Waals surface area contributed by atoms with Crippen molar-refractivity contribution in [3.63, 3.8) is 0 Å². The van der Waals surface area contributed by atoms with Gasteiger partial charge >= 0.3 is 6.18 Å². The summed E-state index contributed by atoms with van der Waals surface area (Å²) >= 11 is 0. The van der Waals surface area contributed by atoms with E-state index in [1.54, 1.807) is 27.9 Å². The van der Waals surface area contributed by atoms with Crippen LogP contribution >= 0.6 is 0 Å². The van der Waals surface area contributed by atoms with E-state index in [0.717, 1.165) is 43.0 Å². The van der Waals surface area contributed by atoms with Gasteiger partial charge in [0.15, 0.2) is 0 Å². The Morgan fingerprint density at radius 2 is 1.84 bits per heavy atom. The normalized spacial score (nSPS) is 15.8. The quantitative estimate of drug-likeness (QED) is 0.260. The molecular weight excluding hydrogens is 557 g/mol. The highest BCUT2D eigenvalue weighted by Gasteiger charge is 2.35. The summed E-state index contributed by atoms with van der Waals surface area (Å²) in [6.07, 6.45) is 4.10. The first-order chi connectivity index (χ1) is 20.8. The molecule has 1 aliphatic heterocycles. The molecule has 43 heavy (non-hydrogen) atoms. The number of alkyl halides is 3. The molecular formula is C31H35F3N8O. The first-order valence-electron chi connectivity index (χ1n) is 14.9. The van der Waals surface area contributed by atoms with Crippen LogP contribution < -0.4 is 21.1 Å². The summed E-state index contributed by atoms with van der Waals surface area (Å²) in [4.78, 5) is 33.5. The Hall–Kier alpha value is -4.06. The van der Waals surface area contributed by atoms with E-state index in [1.165, 1.54) is 12.4 Å². The number of anilines is 3. The van der Waals surface area contributed by atoms with Crippen LogP contribution in [0.1, 0.15) is 73.8 Å². The summed E-state index contributed by atoms with van der Waals surface area (Å²) in [5.74, 6) is 0.539. The molecule has 0 unspecified atom stereocenters. The molecule has 0 atom stereocenters. The van der Waals surface area contributed by atoms with E-state index >= 15 is 0 Å². The maximum atomic E-state index is 14.1. The predicted molar refractivity (Wildman–Crippen MR) is 160 cm³/mol. The summed E-state index contributed by atoms with van der Waals surface area (Å²) in [5.41, 5.74) is 2.40. The molecule has 0 amide bonds. The lowest BCUT2D eigenvalue weighted by Crippen LogP contribution is -2.44. The van der Waals surface area contributed by atoms with Gasteiger partial charge in [-0.2, -0.15) is 18.2 Å². The number of rotatable bonds is 9. The smallest absolute Gasteiger partial charge is 0.368 e. The van der Waals surface area contributed by atoms with Crippen molar-refractivity contribution < 1.29 is 13.2 Å². The zero-order valence-corrected chi connectivity index (χ0v) is 24.3. The van der Waals surface area contributed by atoms with E-state index < -0.39 is 11.7 Å². The Labute approximate surface area is 247 Å². The van der Waals surface area contributed by atoms with Crippen LogP contribution in [0.4, 0.5) is 30.5 Å². The van der Waals surface area contributed by atoms with Crippen molar-refractivity contribution in [3.05, 3.63) is 75.7 Å². The summed E-state index contributed by atoms with van der Waals surface area (Å²) < 4.78 is 44.1. The number of nitrogens with zero attached hydrogens (tertiary/aromatic N) is 6. The highest BCUT2D eigenvalue weighted by atomic mass is 19.4. The Bertz CT molecular complexity index is 1670. The second kappa shape index (κ2) is 11.9. The van der Waals surface area contributed by atoms with Gasteiger partial charge in [-0.05, 0) is 55.9 Å². The van der Waals surface area contributed by atoms with Crippen LogP contribution in [0.5, 0.6) is 0 Å². The highest BCUT2D eigenvalue weighted by Crippen LogP contribution is 2.41. The van der Waals surface area contributed by atoms with Gasteiger partial charge in [-0.3, -0.25) is 9.36 Å². The van der Waals surface area contributed by atoms with Crippen molar-refractivity contribution in [2.45, 2.75) is 64.1 Å². The minimum Gasteiger partial charge on any atom is -0.368 e. The third-order valence-corrected chi connectivity index (χ3v) is 8.41. The lowest BCUT2D eigenvalue weighted by Gasteiger charge is -2.31. The fourth-order valence-corrected chi connectivity index (χ4v) is 5.95. The van der Waals surface area contributed by atoms with Crippen molar-refractivity contribution in [1.82, 2.24) is 29.8 Å². The molecule has 0 bridgehead atoms. The molecule has 1 aromatic carbocycles. The number of halogens is 3. The molecule has 4 aromatic rings. The van der Waals surface area contributed by atoms with Gasteiger partial charge in [-0.25, -0.2) is 15.0 Å². The van der Waals surface area contributed by atoms with Gasteiger partial charge in [0.05, 0.1) is 17.8 Å². The minimum atomic E-state index is -4.54. The Balaban J connectivity index is 1.41. The number of piperazine rings is 1. The molecule has 9 nitrogen and oxygen atoms in total. The summed E-state index contributed by atoms with van der Waals surface area (Å²) in [6, 6.07) is 6.04. The number of pyridine rings is 1. The number of hydrogen-bond acceptors (Lipinski definition) is 8. The molecule has 2 fully saturated rings. The molecule has 1 saturated carbocycles. The monoisotopic (exact) mass is 592 g/mol. The van der Waals surface area contributed by atoms with Crippen LogP contribution in [0, 0.1) is 0 Å². The Morgan fingerprint density at radius 1 is 1.07 bits per heavy atom. The van der Waals surface area contributed by atoms with Crippen molar-refractivity contribution >= 4 is 28.4 Å². The van der Waals surface area contributed by atoms with Crippen molar-refractivity contribution in [3.8, 4) is 0 Å². The molecule has 12 heteroatoms. The predicted octanol–water partition coefficient (Wildman–Crippen LogP) is 5.58. The number of aromatic nitrogens is 5. The molecule has 6 rings (SSSR count). The fraction of sp³-hybridized carbons (Fsp3) is 0.452. The van der Waals surface area contributed by atoms with Crippen molar-refractivity contribution in [2.75, 3.05) is 36.4 Å². The number of fused-ring (bicyclic) bond motifs is 1. The van der Waals surface area contributed by atoms with Crippen LogP contribution in [0.15, 0.2) is 47.8 Å². The van der Waals surface area contributed by atoms with E-state index in [1.807, 2.05) is 6.07 Å². The zero-order chi connectivity index (χ0) is 30.1. The van der Waals surface area contributed by atoms with Crippen LogP contribution in [0.25, 0.3) is 11.0 Å². The molecule has 226 valence electrons. The molecule has 0 spiro atoms. The van der Waals surface area contributed by atoms with Gasteiger partial charge in [0.2, 0.25) is 5.95 Å².